The zero-order valence-corrected chi connectivity index (χ0v) is 8.74. The van der Waals surface area contributed by atoms with Crippen LogP contribution in [-0.2, 0) is 13.6 Å². The van der Waals surface area contributed by atoms with Gasteiger partial charge in [0, 0.05) is 13.2 Å². The summed E-state index contributed by atoms with van der Waals surface area (Å²) in [4.78, 5) is 0. The van der Waals surface area contributed by atoms with Crippen molar-refractivity contribution in [2.24, 2.45) is 7.05 Å². The van der Waals surface area contributed by atoms with Gasteiger partial charge >= 0.3 is 0 Å². The molecule has 0 radical (unpaired) electrons. The summed E-state index contributed by atoms with van der Waals surface area (Å²) in [6.45, 7) is 0.400. The zero-order valence-electron chi connectivity index (χ0n) is 8.74. The molecule has 5 heteroatoms. The Morgan fingerprint density at radius 3 is 2.81 bits per heavy atom. The molecule has 0 aliphatic rings. The third-order valence-electron chi connectivity index (χ3n) is 2.31. The van der Waals surface area contributed by atoms with E-state index in [9.17, 15) is 8.78 Å². The summed E-state index contributed by atoms with van der Waals surface area (Å²) in [5, 5.41) is 6.80. The van der Waals surface area contributed by atoms with Crippen molar-refractivity contribution < 1.29 is 8.78 Å². The highest BCUT2D eigenvalue weighted by Gasteiger charge is 2.04. The predicted molar refractivity (Wildman–Crippen MR) is 56.9 cm³/mol. The van der Waals surface area contributed by atoms with Crippen LogP contribution in [-0.4, -0.2) is 9.78 Å². The molecule has 0 fully saturated rings. The second kappa shape index (κ2) is 4.30. The van der Waals surface area contributed by atoms with Gasteiger partial charge in [0.15, 0.2) is 0 Å². The van der Waals surface area contributed by atoms with Crippen molar-refractivity contribution in [3.8, 4) is 0 Å². The first-order chi connectivity index (χ1) is 7.66. The highest BCUT2D eigenvalue weighted by atomic mass is 19.1. The molecule has 1 N–H and O–H groups in total. The number of nitrogens with zero attached hydrogens (tertiary/aromatic N) is 2. The number of benzene rings is 1. The SMILES string of the molecule is Cn1nccc1CNc1cc(F)ccc1F. The van der Waals surface area contributed by atoms with Crippen LogP contribution in [0.5, 0.6) is 0 Å². The van der Waals surface area contributed by atoms with E-state index in [-0.39, 0.29) is 5.69 Å². The van der Waals surface area contributed by atoms with Crippen molar-refractivity contribution in [2.45, 2.75) is 6.54 Å². The number of aromatic nitrogens is 2. The largest absolute Gasteiger partial charge is 0.377 e. The lowest BCUT2D eigenvalue weighted by molar-refractivity contribution is 0.601. The summed E-state index contributed by atoms with van der Waals surface area (Å²) in [7, 11) is 1.79. The van der Waals surface area contributed by atoms with Gasteiger partial charge < -0.3 is 5.32 Å². The Morgan fingerprint density at radius 2 is 2.12 bits per heavy atom. The molecule has 1 heterocycles. The van der Waals surface area contributed by atoms with Gasteiger partial charge in [0.1, 0.15) is 11.6 Å². The first kappa shape index (κ1) is 10.6. The van der Waals surface area contributed by atoms with Crippen LogP contribution in [0.15, 0.2) is 30.5 Å². The molecule has 0 saturated heterocycles. The van der Waals surface area contributed by atoms with Crippen molar-refractivity contribution >= 4 is 5.69 Å². The first-order valence-electron chi connectivity index (χ1n) is 4.82. The summed E-state index contributed by atoms with van der Waals surface area (Å²) in [6.07, 6.45) is 1.65. The number of halogens is 2. The fourth-order valence-electron chi connectivity index (χ4n) is 1.39. The monoisotopic (exact) mass is 223 g/mol. The van der Waals surface area contributed by atoms with Crippen LogP contribution in [0.1, 0.15) is 5.69 Å². The van der Waals surface area contributed by atoms with Crippen LogP contribution < -0.4 is 5.32 Å². The highest BCUT2D eigenvalue weighted by molar-refractivity contribution is 5.45. The van der Waals surface area contributed by atoms with Gasteiger partial charge in [-0.1, -0.05) is 0 Å². The van der Waals surface area contributed by atoms with Crippen LogP contribution in [0.3, 0.4) is 0 Å². The van der Waals surface area contributed by atoms with Crippen molar-refractivity contribution in [3.05, 3.63) is 47.8 Å². The zero-order chi connectivity index (χ0) is 11.5. The molecule has 0 amide bonds. The molecular formula is C11H11F2N3. The van der Waals surface area contributed by atoms with Crippen LogP contribution in [0.4, 0.5) is 14.5 Å². The molecule has 16 heavy (non-hydrogen) atoms. The Kier molecular flexibility index (Phi) is 2.85. The normalized spacial score (nSPS) is 10.4. The van der Waals surface area contributed by atoms with E-state index in [4.69, 9.17) is 0 Å². The maximum Gasteiger partial charge on any atom is 0.146 e. The summed E-state index contributed by atoms with van der Waals surface area (Å²) >= 11 is 0. The van der Waals surface area contributed by atoms with Gasteiger partial charge in [-0.05, 0) is 24.3 Å². The molecule has 0 bridgehead atoms. The van der Waals surface area contributed by atoms with E-state index < -0.39 is 11.6 Å². The molecule has 0 aliphatic heterocycles. The minimum atomic E-state index is -0.469. The third kappa shape index (κ3) is 2.18. The fourth-order valence-corrected chi connectivity index (χ4v) is 1.39. The lowest BCUT2D eigenvalue weighted by atomic mass is 10.3. The van der Waals surface area contributed by atoms with Gasteiger partial charge in [0.25, 0.3) is 0 Å². The van der Waals surface area contributed by atoms with Crippen molar-refractivity contribution in [1.82, 2.24) is 9.78 Å². The maximum atomic E-state index is 13.2. The van der Waals surface area contributed by atoms with E-state index in [2.05, 4.69) is 10.4 Å². The number of aryl methyl sites for hydroxylation is 1. The Labute approximate surface area is 91.7 Å². The van der Waals surface area contributed by atoms with Crippen molar-refractivity contribution in [1.29, 1.82) is 0 Å². The molecule has 1 aromatic carbocycles. The highest BCUT2D eigenvalue weighted by Crippen LogP contribution is 2.16. The Bertz CT molecular complexity index is 494. The fraction of sp³-hybridized carbons (Fsp3) is 0.182. The Balaban J connectivity index is 2.10. The maximum absolute atomic E-state index is 13.2. The summed E-state index contributed by atoms with van der Waals surface area (Å²) in [5.74, 6) is -0.933. The lowest BCUT2D eigenvalue weighted by Gasteiger charge is -2.07. The molecule has 0 atom stereocenters. The minimum absolute atomic E-state index is 0.154. The van der Waals surface area contributed by atoms with E-state index in [1.165, 1.54) is 0 Å². The van der Waals surface area contributed by atoms with E-state index >= 15 is 0 Å². The molecular weight excluding hydrogens is 212 g/mol. The molecule has 2 rings (SSSR count). The van der Waals surface area contributed by atoms with Gasteiger partial charge in [-0.25, -0.2) is 8.78 Å². The van der Waals surface area contributed by atoms with Crippen LogP contribution in [0, 0.1) is 11.6 Å². The molecule has 0 aliphatic carbocycles. The first-order valence-corrected chi connectivity index (χ1v) is 4.82. The van der Waals surface area contributed by atoms with Crippen LogP contribution >= 0.6 is 0 Å². The second-order valence-corrected chi connectivity index (χ2v) is 3.42. The van der Waals surface area contributed by atoms with Gasteiger partial charge in [-0.3, -0.25) is 4.68 Å². The van der Waals surface area contributed by atoms with Crippen molar-refractivity contribution in [3.63, 3.8) is 0 Å². The Morgan fingerprint density at radius 1 is 1.31 bits per heavy atom. The molecule has 2 aromatic rings. The topological polar surface area (TPSA) is 29.9 Å². The second-order valence-electron chi connectivity index (χ2n) is 3.42. The smallest absolute Gasteiger partial charge is 0.146 e. The molecule has 0 unspecified atom stereocenters. The van der Waals surface area contributed by atoms with Crippen molar-refractivity contribution in [2.75, 3.05) is 5.32 Å². The minimum Gasteiger partial charge on any atom is -0.377 e. The number of hydrogen-bond donors (Lipinski definition) is 1. The number of anilines is 1. The number of nitrogens with one attached hydrogen (secondary N) is 1. The molecule has 1 aromatic heterocycles. The average Bonchev–Trinajstić information content (AvgIpc) is 2.66. The molecule has 0 saturated carbocycles. The lowest BCUT2D eigenvalue weighted by Crippen LogP contribution is -2.06. The van der Waals surface area contributed by atoms with Gasteiger partial charge in [0.2, 0.25) is 0 Å². The van der Waals surface area contributed by atoms with Crippen LogP contribution in [0.2, 0.25) is 0 Å². The summed E-state index contributed by atoms with van der Waals surface area (Å²) < 4.78 is 27.8. The Hall–Kier alpha value is -1.91. The van der Waals surface area contributed by atoms with Gasteiger partial charge in [-0.2, -0.15) is 5.10 Å². The molecule has 84 valence electrons. The van der Waals surface area contributed by atoms with E-state index in [0.717, 1.165) is 23.9 Å². The average molecular weight is 223 g/mol. The standard InChI is InChI=1S/C11H11F2N3/c1-16-9(4-5-15-16)7-14-11-6-8(12)2-3-10(11)13/h2-6,14H,7H2,1H3. The summed E-state index contributed by atoms with van der Waals surface area (Å²) in [6, 6.07) is 5.13. The van der Waals surface area contributed by atoms with Gasteiger partial charge in [-0.15, -0.1) is 0 Å². The van der Waals surface area contributed by atoms with E-state index in [1.54, 1.807) is 17.9 Å². The molecule has 0 spiro atoms. The van der Waals surface area contributed by atoms with E-state index in [1.807, 2.05) is 6.07 Å². The van der Waals surface area contributed by atoms with Gasteiger partial charge in [0.05, 0.1) is 17.9 Å². The number of hydrogen-bond acceptors (Lipinski definition) is 2. The molecule has 3 nitrogen and oxygen atoms in total. The van der Waals surface area contributed by atoms with Crippen LogP contribution in [0.25, 0.3) is 0 Å². The quantitative estimate of drug-likeness (QED) is 0.865. The third-order valence-corrected chi connectivity index (χ3v) is 2.31. The van der Waals surface area contributed by atoms with E-state index in [0.29, 0.717) is 6.54 Å². The summed E-state index contributed by atoms with van der Waals surface area (Å²) in [5.41, 5.74) is 1.05. The number of rotatable bonds is 3. The predicted octanol–water partition coefficient (Wildman–Crippen LogP) is 2.31.